The number of carboxylic acid groups (broad SMARTS) is 1. The van der Waals surface area contributed by atoms with Crippen LogP contribution in [-0.4, -0.2) is 22.5 Å². The van der Waals surface area contributed by atoms with Gasteiger partial charge in [0.2, 0.25) is 5.91 Å². The first kappa shape index (κ1) is 12.0. The minimum Gasteiger partial charge on any atom is -0.481 e. The number of carboxylic acids is 1. The molecule has 1 saturated carbocycles. The van der Waals surface area contributed by atoms with Crippen LogP contribution in [0, 0.1) is 0 Å². The summed E-state index contributed by atoms with van der Waals surface area (Å²) in [6, 6.07) is 0. The fraction of sp³-hybridized carbons (Fsp3) is 0.818. The monoisotopic (exact) mass is 213 g/mol. The molecule has 0 bridgehead atoms. The van der Waals surface area contributed by atoms with Crippen LogP contribution < -0.4 is 5.32 Å². The van der Waals surface area contributed by atoms with Crippen LogP contribution in [0.4, 0.5) is 0 Å². The molecule has 1 rings (SSSR count). The Morgan fingerprint density at radius 1 is 1.40 bits per heavy atom. The molecule has 0 saturated heterocycles. The maximum absolute atomic E-state index is 11.5. The molecule has 0 radical (unpaired) electrons. The molecule has 1 aliphatic carbocycles. The zero-order chi connectivity index (χ0) is 11.3. The van der Waals surface area contributed by atoms with Gasteiger partial charge in [-0.15, -0.1) is 0 Å². The third kappa shape index (κ3) is 3.53. The van der Waals surface area contributed by atoms with Gasteiger partial charge in [0.25, 0.3) is 0 Å². The van der Waals surface area contributed by atoms with Crippen LogP contribution in [0.2, 0.25) is 0 Å². The van der Waals surface area contributed by atoms with Crippen molar-refractivity contribution in [3.05, 3.63) is 0 Å². The summed E-state index contributed by atoms with van der Waals surface area (Å²) in [7, 11) is 0. The molecule has 0 atom stereocenters. The molecule has 4 heteroatoms. The SMILES string of the molecule is CCCCC(=O)NC1(CC(=O)O)CCC1. The lowest BCUT2D eigenvalue weighted by Gasteiger charge is -2.41. The third-order valence-corrected chi connectivity index (χ3v) is 2.96. The van der Waals surface area contributed by atoms with Crippen molar-refractivity contribution in [1.29, 1.82) is 0 Å². The average molecular weight is 213 g/mol. The van der Waals surface area contributed by atoms with Gasteiger partial charge in [-0.3, -0.25) is 9.59 Å². The van der Waals surface area contributed by atoms with Gasteiger partial charge in [0.15, 0.2) is 0 Å². The van der Waals surface area contributed by atoms with Gasteiger partial charge in [0, 0.05) is 6.42 Å². The van der Waals surface area contributed by atoms with Crippen molar-refractivity contribution in [2.75, 3.05) is 0 Å². The number of carbonyl (C=O) groups excluding carboxylic acids is 1. The van der Waals surface area contributed by atoms with E-state index in [2.05, 4.69) is 5.32 Å². The number of aliphatic carboxylic acids is 1. The minimum atomic E-state index is -0.828. The fourth-order valence-electron chi connectivity index (χ4n) is 1.93. The van der Waals surface area contributed by atoms with Gasteiger partial charge in [-0.1, -0.05) is 13.3 Å². The maximum Gasteiger partial charge on any atom is 0.305 e. The second-order valence-corrected chi connectivity index (χ2v) is 4.36. The maximum atomic E-state index is 11.5. The summed E-state index contributed by atoms with van der Waals surface area (Å²) in [6.07, 6.45) is 5.05. The summed E-state index contributed by atoms with van der Waals surface area (Å²) < 4.78 is 0. The minimum absolute atomic E-state index is 0.00204. The van der Waals surface area contributed by atoms with Gasteiger partial charge in [0.1, 0.15) is 0 Å². The molecule has 0 aromatic carbocycles. The van der Waals surface area contributed by atoms with Crippen LogP contribution in [0.15, 0.2) is 0 Å². The molecule has 2 N–H and O–H groups in total. The van der Waals surface area contributed by atoms with E-state index in [0.29, 0.717) is 6.42 Å². The highest BCUT2D eigenvalue weighted by Crippen LogP contribution is 2.34. The van der Waals surface area contributed by atoms with Gasteiger partial charge in [-0.2, -0.15) is 0 Å². The molecule has 15 heavy (non-hydrogen) atoms. The number of unbranched alkanes of at least 4 members (excludes halogenated alkanes) is 1. The molecular weight excluding hydrogens is 194 g/mol. The predicted molar refractivity (Wildman–Crippen MR) is 56.5 cm³/mol. The Bertz CT molecular complexity index is 246. The van der Waals surface area contributed by atoms with Crippen LogP contribution >= 0.6 is 0 Å². The van der Waals surface area contributed by atoms with Gasteiger partial charge in [-0.05, 0) is 25.7 Å². The van der Waals surface area contributed by atoms with E-state index in [1.165, 1.54) is 0 Å². The molecule has 0 aromatic rings. The van der Waals surface area contributed by atoms with E-state index in [-0.39, 0.29) is 12.3 Å². The van der Waals surface area contributed by atoms with E-state index < -0.39 is 11.5 Å². The molecule has 4 nitrogen and oxygen atoms in total. The number of amides is 1. The second-order valence-electron chi connectivity index (χ2n) is 4.36. The van der Waals surface area contributed by atoms with Crippen LogP contribution in [0.1, 0.15) is 51.9 Å². The standard InChI is InChI=1S/C11H19NO3/c1-2-3-5-9(13)12-11(6-4-7-11)8-10(14)15/h2-8H2,1H3,(H,12,13)(H,14,15). The first-order valence-electron chi connectivity index (χ1n) is 5.61. The molecule has 0 unspecified atom stereocenters. The number of rotatable bonds is 6. The highest BCUT2D eigenvalue weighted by molar-refractivity contribution is 5.78. The molecule has 1 aliphatic rings. The predicted octanol–water partition coefficient (Wildman–Crippen LogP) is 1.69. The van der Waals surface area contributed by atoms with Crippen molar-refractivity contribution < 1.29 is 14.7 Å². The van der Waals surface area contributed by atoms with Crippen molar-refractivity contribution in [3.63, 3.8) is 0 Å². The van der Waals surface area contributed by atoms with Crippen molar-refractivity contribution in [1.82, 2.24) is 5.32 Å². The Hall–Kier alpha value is -1.06. The van der Waals surface area contributed by atoms with E-state index in [1.807, 2.05) is 6.92 Å². The van der Waals surface area contributed by atoms with Gasteiger partial charge in [-0.25, -0.2) is 0 Å². The first-order valence-corrected chi connectivity index (χ1v) is 5.61. The van der Waals surface area contributed by atoms with Crippen molar-refractivity contribution >= 4 is 11.9 Å². The van der Waals surface area contributed by atoms with E-state index in [1.54, 1.807) is 0 Å². The molecule has 0 spiro atoms. The Kier molecular flexibility index (Phi) is 4.12. The summed E-state index contributed by atoms with van der Waals surface area (Å²) in [6.45, 7) is 2.03. The topological polar surface area (TPSA) is 66.4 Å². The highest BCUT2D eigenvalue weighted by Gasteiger charge is 2.39. The Balaban J connectivity index is 2.38. The Morgan fingerprint density at radius 2 is 2.07 bits per heavy atom. The first-order chi connectivity index (χ1) is 7.08. The zero-order valence-electron chi connectivity index (χ0n) is 9.21. The zero-order valence-corrected chi connectivity index (χ0v) is 9.21. The second kappa shape index (κ2) is 5.14. The third-order valence-electron chi connectivity index (χ3n) is 2.96. The molecule has 1 amide bonds. The lowest BCUT2D eigenvalue weighted by atomic mass is 9.74. The van der Waals surface area contributed by atoms with Crippen molar-refractivity contribution in [3.8, 4) is 0 Å². The summed E-state index contributed by atoms with van der Waals surface area (Å²) in [5.41, 5.74) is -0.434. The van der Waals surface area contributed by atoms with Gasteiger partial charge < -0.3 is 10.4 Å². The quantitative estimate of drug-likeness (QED) is 0.705. The van der Waals surface area contributed by atoms with E-state index in [9.17, 15) is 9.59 Å². The molecule has 0 aliphatic heterocycles. The number of carbonyl (C=O) groups is 2. The van der Waals surface area contributed by atoms with Crippen molar-refractivity contribution in [2.24, 2.45) is 0 Å². The highest BCUT2D eigenvalue weighted by atomic mass is 16.4. The summed E-state index contributed by atoms with van der Waals surface area (Å²) >= 11 is 0. The number of hydrogen-bond donors (Lipinski definition) is 2. The normalized spacial score (nSPS) is 17.9. The average Bonchev–Trinajstić information content (AvgIpc) is 2.10. The molecule has 86 valence electrons. The van der Waals surface area contributed by atoms with Crippen LogP contribution in [0.5, 0.6) is 0 Å². The lowest BCUT2D eigenvalue weighted by Crippen LogP contribution is -2.54. The van der Waals surface area contributed by atoms with Gasteiger partial charge in [0.05, 0.1) is 12.0 Å². The van der Waals surface area contributed by atoms with Crippen LogP contribution in [0.25, 0.3) is 0 Å². The number of hydrogen-bond acceptors (Lipinski definition) is 2. The molecule has 0 aromatic heterocycles. The Morgan fingerprint density at radius 3 is 2.47 bits per heavy atom. The molecular formula is C11H19NO3. The van der Waals surface area contributed by atoms with Crippen molar-refractivity contribution in [2.45, 2.75) is 57.4 Å². The fourth-order valence-corrected chi connectivity index (χ4v) is 1.93. The Labute approximate surface area is 90.0 Å². The summed E-state index contributed by atoms with van der Waals surface area (Å²) in [5, 5.41) is 11.6. The van der Waals surface area contributed by atoms with Crippen LogP contribution in [0.3, 0.4) is 0 Å². The van der Waals surface area contributed by atoms with E-state index in [4.69, 9.17) is 5.11 Å². The molecule has 0 heterocycles. The largest absolute Gasteiger partial charge is 0.481 e. The van der Waals surface area contributed by atoms with Crippen LogP contribution in [-0.2, 0) is 9.59 Å². The molecule has 1 fully saturated rings. The lowest BCUT2D eigenvalue weighted by molar-refractivity contribution is -0.140. The van der Waals surface area contributed by atoms with E-state index >= 15 is 0 Å². The smallest absolute Gasteiger partial charge is 0.305 e. The van der Waals surface area contributed by atoms with Gasteiger partial charge >= 0.3 is 5.97 Å². The van der Waals surface area contributed by atoms with E-state index in [0.717, 1.165) is 32.1 Å². The summed E-state index contributed by atoms with van der Waals surface area (Å²) in [4.78, 5) is 22.1. The summed E-state index contributed by atoms with van der Waals surface area (Å²) in [5.74, 6) is -0.830. The number of nitrogens with one attached hydrogen (secondary N) is 1.